The molecule has 0 spiro atoms. The predicted molar refractivity (Wildman–Crippen MR) is 300 cm³/mol. The number of aliphatic hydroxyl groups is 12. The topological polar surface area (TPSA) is 573 Å². The number of hydrogen-bond acceptors (Lipinski definition) is 35. The van der Waals surface area contributed by atoms with Crippen LogP contribution in [0.4, 0.5) is 0 Å². The van der Waals surface area contributed by atoms with Gasteiger partial charge in [-0.15, -0.1) is 0 Å². The number of carbonyl (C=O) groups is 4. The van der Waals surface area contributed by atoms with Crippen LogP contribution in [-0.4, -0.2) is 258 Å². The van der Waals surface area contributed by atoms with Crippen molar-refractivity contribution in [3.63, 3.8) is 0 Å². The van der Waals surface area contributed by atoms with Gasteiger partial charge >= 0.3 is 23.9 Å². The SMILES string of the molecule is CC(=O)OC1C(O)C(COC(=O)CC(=O)OC2C(Oc3cc(O)c4c(c3)OC(c3ccc(O)cc3)C(OC3OC(CO)C(O)C(O)C3OC3OC(CO)C(O)C(O)C3O)=C4O)OC(C(=O)O)C(O)C2O)OC(Oc2cc3c(O)cc(=O)cc-3oc2-c2ccc(O)c(O)c2)C1O. The van der Waals surface area contributed by atoms with E-state index in [1.54, 1.807) is 0 Å². The molecule has 36 heteroatoms. The summed E-state index contributed by atoms with van der Waals surface area (Å²) in [6, 6.07) is 12.8. The molecule has 6 aliphatic heterocycles. The van der Waals surface area contributed by atoms with Gasteiger partial charge in [0.1, 0.15) is 120 Å². The molecular weight excluding hydrogens is 1280 g/mol. The van der Waals surface area contributed by atoms with E-state index in [1.807, 2.05) is 0 Å². The molecule has 6 heterocycles. The number of fused-ring (bicyclic) bond motifs is 2. The number of aliphatic carboxylic acids is 1. The van der Waals surface area contributed by atoms with Crippen LogP contribution in [0.15, 0.2) is 87.8 Å². The normalized spacial score (nSPS) is 32.3. The lowest BCUT2D eigenvalue weighted by molar-refractivity contribution is -0.364. The lowest BCUT2D eigenvalue weighted by Gasteiger charge is -2.46. The lowest BCUT2D eigenvalue weighted by atomic mass is 9.96. The third-order valence-electron chi connectivity index (χ3n) is 15.6. The number of esters is 3. The molecule has 21 unspecified atom stereocenters. The van der Waals surface area contributed by atoms with Gasteiger partial charge in [0.15, 0.2) is 82.9 Å². The summed E-state index contributed by atoms with van der Waals surface area (Å²) in [6.45, 7) is -2.01. The molecule has 21 atom stereocenters. The van der Waals surface area contributed by atoms with Gasteiger partial charge in [-0.1, -0.05) is 12.1 Å². The molecular formula is C59H62O36. The van der Waals surface area contributed by atoms with Gasteiger partial charge in [-0.25, -0.2) is 4.79 Å². The van der Waals surface area contributed by atoms with Crippen molar-refractivity contribution >= 4 is 29.6 Å². The van der Waals surface area contributed by atoms with Crippen LogP contribution >= 0.6 is 0 Å². The average molecular weight is 1350 g/mol. The molecule has 36 nitrogen and oxygen atoms in total. The Morgan fingerprint density at radius 3 is 1.86 bits per heavy atom. The monoisotopic (exact) mass is 1350 g/mol. The van der Waals surface area contributed by atoms with Gasteiger partial charge in [0.05, 0.1) is 18.8 Å². The molecule has 7 aliphatic rings. The predicted octanol–water partition coefficient (Wildman–Crippen LogP) is -3.85. The number of phenolic OH excluding ortho intramolecular Hbond substituents is 5. The second kappa shape index (κ2) is 28.2. The first-order chi connectivity index (χ1) is 45.0. The number of carbonyl (C=O) groups excluding carboxylic acids is 3. The van der Waals surface area contributed by atoms with Crippen molar-refractivity contribution in [2.45, 2.75) is 142 Å². The number of phenols is 5. The second-order valence-electron chi connectivity index (χ2n) is 22.1. The maximum Gasteiger partial charge on any atom is 0.335 e. The third-order valence-corrected chi connectivity index (χ3v) is 15.6. The first-order valence-electron chi connectivity index (χ1n) is 28.5. The zero-order chi connectivity index (χ0) is 68.8. The molecule has 4 fully saturated rings. The molecule has 0 aromatic heterocycles. The Labute approximate surface area is 531 Å². The highest BCUT2D eigenvalue weighted by Gasteiger charge is 2.55. The molecule has 0 radical (unpaired) electrons. The van der Waals surface area contributed by atoms with Crippen molar-refractivity contribution in [1.82, 2.24) is 0 Å². The molecule has 1 aliphatic carbocycles. The van der Waals surface area contributed by atoms with E-state index in [-0.39, 0.29) is 34.0 Å². The van der Waals surface area contributed by atoms with E-state index < -0.39 is 242 Å². The number of benzene rings is 4. The Bertz CT molecular complexity index is 3680. The number of rotatable bonds is 19. The number of ether oxygens (including phenoxy) is 12. The number of aromatic hydroxyl groups is 5. The van der Waals surface area contributed by atoms with Crippen LogP contribution in [0.2, 0.25) is 0 Å². The van der Waals surface area contributed by atoms with E-state index in [1.165, 1.54) is 18.2 Å². The fourth-order valence-corrected chi connectivity index (χ4v) is 10.8. The van der Waals surface area contributed by atoms with Crippen molar-refractivity contribution in [3.8, 4) is 68.6 Å². The van der Waals surface area contributed by atoms with E-state index >= 15 is 0 Å². The summed E-state index contributed by atoms with van der Waals surface area (Å²) in [4.78, 5) is 63.8. The fourth-order valence-electron chi connectivity index (χ4n) is 10.8. The summed E-state index contributed by atoms with van der Waals surface area (Å²) < 4.78 is 73.9. The van der Waals surface area contributed by atoms with E-state index in [0.29, 0.717) is 0 Å². The molecule has 18 N–H and O–H groups in total. The van der Waals surface area contributed by atoms with Gasteiger partial charge < -0.3 is 153 Å². The minimum atomic E-state index is -2.42. The quantitative estimate of drug-likeness (QED) is 0.0163. The minimum Gasteiger partial charge on any atom is -0.508 e. The summed E-state index contributed by atoms with van der Waals surface area (Å²) in [5.74, 6) is -12.8. The minimum absolute atomic E-state index is 0.0225. The summed E-state index contributed by atoms with van der Waals surface area (Å²) in [5, 5.41) is 193. The van der Waals surface area contributed by atoms with Crippen LogP contribution in [-0.2, 0) is 61.8 Å². The smallest absolute Gasteiger partial charge is 0.335 e. The van der Waals surface area contributed by atoms with Gasteiger partial charge in [0.25, 0.3) is 0 Å². The van der Waals surface area contributed by atoms with Crippen LogP contribution in [0.5, 0.6) is 46.0 Å². The molecule has 3 aromatic rings. The molecule has 0 bridgehead atoms. The van der Waals surface area contributed by atoms with Crippen LogP contribution in [0.25, 0.3) is 28.4 Å². The van der Waals surface area contributed by atoms with E-state index in [2.05, 4.69) is 0 Å². The van der Waals surface area contributed by atoms with Crippen LogP contribution in [0.3, 0.4) is 0 Å². The fraction of sp³-hybridized carbons (Fsp3) is 0.441. The van der Waals surface area contributed by atoms with Crippen LogP contribution < -0.4 is 19.6 Å². The summed E-state index contributed by atoms with van der Waals surface area (Å²) in [7, 11) is 0. The van der Waals surface area contributed by atoms with Gasteiger partial charge in [-0.05, 0) is 36.4 Å². The first kappa shape index (κ1) is 68.9. The highest BCUT2D eigenvalue weighted by Crippen LogP contribution is 2.50. The number of aliphatic hydroxyl groups excluding tert-OH is 12. The van der Waals surface area contributed by atoms with Crippen molar-refractivity contribution in [2.24, 2.45) is 0 Å². The summed E-state index contributed by atoms with van der Waals surface area (Å²) in [6.07, 6.45) is -44.0. The molecule has 95 heavy (non-hydrogen) atoms. The van der Waals surface area contributed by atoms with Crippen LogP contribution in [0.1, 0.15) is 30.6 Å². The van der Waals surface area contributed by atoms with Crippen molar-refractivity contribution in [2.75, 3.05) is 19.8 Å². The number of carboxylic acids is 1. The molecule has 10 rings (SSSR count). The largest absolute Gasteiger partial charge is 0.508 e. The molecule has 514 valence electrons. The van der Waals surface area contributed by atoms with E-state index in [0.717, 1.165) is 61.5 Å². The van der Waals surface area contributed by atoms with E-state index in [9.17, 15) is 116 Å². The first-order valence-corrected chi connectivity index (χ1v) is 28.5. The van der Waals surface area contributed by atoms with E-state index in [4.69, 9.17) is 61.3 Å². The Kier molecular flexibility index (Phi) is 20.4. The van der Waals surface area contributed by atoms with Gasteiger partial charge in [0, 0.05) is 42.3 Å². The summed E-state index contributed by atoms with van der Waals surface area (Å²) in [5.41, 5.74) is -1.44. The van der Waals surface area contributed by atoms with Crippen LogP contribution in [0, 0.1) is 0 Å². The Hall–Kier alpha value is -8.93. The molecule has 0 saturated carbocycles. The maximum absolute atomic E-state index is 13.6. The van der Waals surface area contributed by atoms with Gasteiger partial charge in [0.2, 0.25) is 18.9 Å². The van der Waals surface area contributed by atoms with Crippen molar-refractivity contribution in [3.05, 3.63) is 99.9 Å². The van der Waals surface area contributed by atoms with Gasteiger partial charge in [-0.3, -0.25) is 19.2 Å². The maximum atomic E-state index is 13.6. The standard InChI is InChI=1S/C59H62O36/c1-18(62)84-50-40(73)34(91-57(47(50)80)88-31-13-24-26(66)9-22(64)10-29(24)86-48(31)20-4-7-25(65)27(67)8-20)17-83-35(69)14-36(70)92-53-45(78)44(77)52(55(81)82)94-58(53)85-23-11-28(68)37-30(12-23)87-49(19-2-5-21(63)6-3-19)51(41(37)74)93-59-54(43(76)39(72)33(16-61)90-59)95-56-46(79)42(75)38(71)32(15-60)89-56/h2-13,32-34,38-40,42-47,49-50,52-54,56-61,63,65-68,71-80H,14-17H2,1H3,(H,81,82). The molecule has 3 aromatic carbocycles. The van der Waals surface area contributed by atoms with Gasteiger partial charge in [-0.2, -0.15) is 0 Å². The lowest BCUT2D eigenvalue weighted by Crippen LogP contribution is -2.64. The number of hydrogen-bond donors (Lipinski definition) is 18. The molecule has 4 saturated heterocycles. The second-order valence-corrected chi connectivity index (χ2v) is 22.1. The van der Waals surface area contributed by atoms with Crippen molar-refractivity contribution in [1.29, 1.82) is 0 Å². The zero-order valence-electron chi connectivity index (χ0n) is 48.8. The highest BCUT2D eigenvalue weighted by molar-refractivity contribution is 5.91. The average Bonchev–Trinajstić information content (AvgIpc) is 0.762. The van der Waals surface area contributed by atoms with Crippen molar-refractivity contribution < 1.29 is 172 Å². The highest BCUT2D eigenvalue weighted by atomic mass is 16.8. The number of carboxylic acid groups (broad SMARTS) is 1. The zero-order valence-corrected chi connectivity index (χ0v) is 48.8. The molecule has 0 amide bonds. The third kappa shape index (κ3) is 14.2. The summed E-state index contributed by atoms with van der Waals surface area (Å²) >= 11 is 0. The Morgan fingerprint density at radius 1 is 0.547 bits per heavy atom. The Balaban J connectivity index is 0.877. The Morgan fingerprint density at radius 2 is 1.20 bits per heavy atom.